The van der Waals surface area contributed by atoms with Gasteiger partial charge in [0, 0.05) is 6.61 Å². The van der Waals surface area contributed by atoms with Gasteiger partial charge >= 0.3 is 0 Å². The molecule has 0 aliphatic rings. The van der Waals surface area contributed by atoms with E-state index in [-0.39, 0.29) is 23.4 Å². The van der Waals surface area contributed by atoms with E-state index < -0.39 is 0 Å². The lowest BCUT2D eigenvalue weighted by atomic mass is 10.1. The van der Waals surface area contributed by atoms with E-state index in [1.54, 1.807) is 0 Å². The van der Waals surface area contributed by atoms with Gasteiger partial charge in [0.1, 0.15) is 0 Å². The predicted molar refractivity (Wildman–Crippen MR) is 64.7 cm³/mol. The Morgan fingerprint density at radius 3 is 2.53 bits per heavy atom. The number of carbonyl (C=O) groups excluding carboxylic acids is 1. The van der Waals surface area contributed by atoms with E-state index in [1.807, 2.05) is 20.8 Å². The van der Waals surface area contributed by atoms with Gasteiger partial charge in [0.05, 0.1) is 24.1 Å². The van der Waals surface area contributed by atoms with Crippen LogP contribution in [0.1, 0.15) is 27.2 Å². The minimum Gasteiger partial charge on any atom is -0.393 e. The maximum atomic E-state index is 11.4. The Balaban J connectivity index is 4.04. The van der Waals surface area contributed by atoms with Crippen LogP contribution in [-0.4, -0.2) is 30.2 Å². The zero-order chi connectivity index (χ0) is 11.8. The van der Waals surface area contributed by atoms with Crippen molar-refractivity contribution in [2.24, 2.45) is 11.7 Å². The summed E-state index contributed by atoms with van der Waals surface area (Å²) < 4.78 is 5.28. The van der Waals surface area contributed by atoms with Crippen LogP contribution in [0, 0.1) is 5.92 Å². The second-order valence-corrected chi connectivity index (χ2v) is 4.24. The monoisotopic (exact) mass is 232 g/mol. The molecule has 0 saturated carbocycles. The number of rotatable bonds is 7. The summed E-state index contributed by atoms with van der Waals surface area (Å²) in [6.45, 7) is 7.16. The Morgan fingerprint density at radius 1 is 1.53 bits per heavy atom. The number of hydrogen-bond donors (Lipinski definition) is 2. The summed E-state index contributed by atoms with van der Waals surface area (Å²) in [6.07, 6.45) is 0.102. The molecule has 0 radical (unpaired) electrons. The molecule has 4 nitrogen and oxygen atoms in total. The number of thiocarbonyl (C=S) groups is 1. The highest BCUT2D eigenvalue weighted by Crippen LogP contribution is 2.02. The Kier molecular flexibility index (Phi) is 7.25. The van der Waals surface area contributed by atoms with Crippen molar-refractivity contribution < 1.29 is 9.53 Å². The molecule has 1 unspecified atom stereocenters. The molecule has 5 heteroatoms. The first kappa shape index (κ1) is 14.3. The van der Waals surface area contributed by atoms with Crippen molar-refractivity contribution in [1.82, 2.24) is 5.32 Å². The average molecular weight is 232 g/mol. The molecule has 88 valence electrons. The molecule has 0 spiro atoms. The summed E-state index contributed by atoms with van der Waals surface area (Å²) >= 11 is 4.66. The number of nitrogens with one attached hydrogen (secondary N) is 1. The molecule has 3 N–H and O–H groups in total. The Labute approximate surface area is 96.5 Å². The number of hydrogen-bond acceptors (Lipinski definition) is 3. The second-order valence-electron chi connectivity index (χ2n) is 3.72. The van der Waals surface area contributed by atoms with E-state index in [0.717, 1.165) is 0 Å². The van der Waals surface area contributed by atoms with E-state index >= 15 is 0 Å². The highest BCUT2D eigenvalue weighted by atomic mass is 32.1. The number of nitrogens with two attached hydrogens (primary N) is 1. The van der Waals surface area contributed by atoms with Crippen molar-refractivity contribution in [3.63, 3.8) is 0 Å². The normalized spacial score (nSPS) is 12.5. The topological polar surface area (TPSA) is 64.3 Å². The molecule has 0 saturated heterocycles. The van der Waals surface area contributed by atoms with Crippen molar-refractivity contribution >= 4 is 23.1 Å². The molecule has 0 aliphatic heterocycles. The maximum absolute atomic E-state index is 11.4. The fraction of sp³-hybridized carbons (Fsp3) is 0.800. The van der Waals surface area contributed by atoms with Gasteiger partial charge in [-0.25, -0.2) is 0 Å². The lowest BCUT2D eigenvalue weighted by molar-refractivity contribution is -0.121. The van der Waals surface area contributed by atoms with Crippen molar-refractivity contribution in [3.05, 3.63) is 0 Å². The molecule has 0 heterocycles. The summed E-state index contributed by atoms with van der Waals surface area (Å²) in [5, 5.41) is 2.85. The molecule has 0 aromatic carbocycles. The Bertz CT molecular complexity index is 219. The van der Waals surface area contributed by atoms with E-state index in [2.05, 4.69) is 17.5 Å². The number of carbonyl (C=O) groups is 1. The summed E-state index contributed by atoms with van der Waals surface area (Å²) in [6, 6.07) is 0.0202. The molecule has 0 bridgehead atoms. The smallest absolute Gasteiger partial charge is 0.227 e. The first-order valence-corrected chi connectivity index (χ1v) is 5.53. The van der Waals surface area contributed by atoms with Crippen molar-refractivity contribution in [3.8, 4) is 0 Å². The summed E-state index contributed by atoms with van der Waals surface area (Å²) in [5.74, 6) is 0.188. The van der Waals surface area contributed by atoms with E-state index in [0.29, 0.717) is 19.1 Å². The van der Waals surface area contributed by atoms with Crippen LogP contribution in [0.5, 0.6) is 0 Å². The average Bonchev–Trinajstić information content (AvgIpc) is 2.10. The molecule has 0 rings (SSSR count). The second kappa shape index (κ2) is 7.59. The van der Waals surface area contributed by atoms with Gasteiger partial charge in [0.15, 0.2) is 0 Å². The molecule has 0 fully saturated rings. The summed E-state index contributed by atoms with van der Waals surface area (Å²) in [5.41, 5.74) is 5.28. The van der Waals surface area contributed by atoms with Crippen LogP contribution in [-0.2, 0) is 9.53 Å². The van der Waals surface area contributed by atoms with Crippen LogP contribution in [0.15, 0.2) is 0 Å². The lowest BCUT2D eigenvalue weighted by Crippen LogP contribution is -2.42. The van der Waals surface area contributed by atoms with Gasteiger partial charge < -0.3 is 15.8 Å². The van der Waals surface area contributed by atoms with Gasteiger partial charge in [0.25, 0.3) is 0 Å². The Hall–Kier alpha value is -0.680. The van der Waals surface area contributed by atoms with Gasteiger partial charge in [0.2, 0.25) is 5.91 Å². The van der Waals surface area contributed by atoms with Crippen LogP contribution in [0.3, 0.4) is 0 Å². The third-order valence-electron chi connectivity index (χ3n) is 1.99. The molecular formula is C10H20N2O2S. The van der Waals surface area contributed by atoms with Crippen LogP contribution in [0.25, 0.3) is 0 Å². The first-order chi connectivity index (χ1) is 6.97. The van der Waals surface area contributed by atoms with Crippen molar-refractivity contribution in [2.45, 2.75) is 33.2 Å². The lowest BCUT2D eigenvalue weighted by Gasteiger charge is -2.21. The van der Waals surface area contributed by atoms with Crippen LogP contribution in [0.4, 0.5) is 0 Å². The van der Waals surface area contributed by atoms with Gasteiger partial charge in [-0.3, -0.25) is 4.79 Å². The third-order valence-corrected chi connectivity index (χ3v) is 2.13. The highest BCUT2D eigenvalue weighted by molar-refractivity contribution is 7.80. The van der Waals surface area contributed by atoms with E-state index in [9.17, 15) is 4.79 Å². The zero-order valence-electron chi connectivity index (χ0n) is 9.58. The van der Waals surface area contributed by atoms with Gasteiger partial charge in [-0.05, 0) is 12.8 Å². The van der Waals surface area contributed by atoms with Gasteiger partial charge in [-0.15, -0.1) is 0 Å². The number of ether oxygens (including phenoxy) is 1. The molecule has 0 aromatic rings. The molecule has 0 aliphatic carbocycles. The quantitative estimate of drug-likeness (QED) is 0.638. The predicted octanol–water partition coefficient (Wildman–Crippen LogP) is 0.840. The fourth-order valence-corrected chi connectivity index (χ4v) is 1.19. The number of amides is 1. The minimum absolute atomic E-state index is 0.0202. The van der Waals surface area contributed by atoms with Crippen molar-refractivity contribution in [1.29, 1.82) is 0 Å². The summed E-state index contributed by atoms with van der Waals surface area (Å²) in [4.78, 5) is 11.6. The molecular weight excluding hydrogens is 212 g/mol. The SMILES string of the molecule is CCOCC(NC(=O)CC(N)=S)C(C)C. The van der Waals surface area contributed by atoms with Crippen LogP contribution >= 0.6 is 12.2 Å². The van der Waals surface area contributed by atoms with Gasteiger partial charge in [-0.1, -0.05) is 26.1 Å². The zero-order valence-corrected chi connectivity index (χ0v) is 10.4. The van der Waals surface area contributed by atoms with Crippen LogP contribution < -0.4 is 11.1 Å². The van der Waals surface area contributed by atoms with E-state index in [1.165, 1.54) is 0 Å². The van der Waals surface area contributed by atoms with Crippen molar-refractivity contribution in [2.75, 3.05) is 13.2 Å². The third kappa shape index (κ3) is 7.27. The fourth-order valence-electron chi connectivity index (χ4n) is 1.06. The van der Waals surface area contributed by atoms with E-state index in [4.69, 9.17) is 10.5 Å². The van der Waals surface area contributed by atoms with Crippen LogP contribution in [0.2, 0.25) is 0 Å². The molecule has 15 heavy (non-hydrogen) atoms. The minimum atomic E-state index is -0.138. The molecule has 1 amide bonds. The molecule has 0 aromatic heterocycles. The van der Waals surface area contributed by atoms with Gasteiger partial charge in [-0.2, -0.15) is 0 Å². The maximum Gasteiger partial charge on any atom is 0.227 e. The largest absolute Gasteiger partial charge is 0.393 e. The highest BCUT2D eigenvalue weighted by Gasteiger charge is 2.16. The first-order valence-electron chi connectivity index (χ1n) is 5.12. The molecule has 1 atom stereocenters. The standard InChI is InChI=1S/C10H20N2O2S/c1-4-14-6-8(7(2)3)12-10(13)5-9(11)15/h7-8H,4-6H2,1-3H3,(H2,11,15)(H,12,13). The Morgan fingerprint density at radius 2 is 2.13 bits per heavy atom. The summed E-state index contributed by atoms with van der Waals surface area (Å²) in [7, 11) is 0.